The second-order valence-corrected chi connectivity index (χ2v) is 15.8. The zero-order valence-corrected chi connectivity index (χ0v) is 34.4. The number of anilines is 2. The quantitative estimate of drug-likeness (QED) is 0.175. The van der Waals surface area contributed by atoms with Gasteiger partial charge in [0.25, 0.3) is 11.8 Å². The Labute approximate surface area is 349 Å². The molecule has 6 aromatic rings. The van der Waals surface area contributed by atoms with Crippen molar-refractivity contribution in [1.82, 2.24) is 18.9 Å². The van der Waals surface area contributed by atoms with E-state index in [1.165, 1.54) is 17.7 Å². The number of aromatic nitrogens is 2. The minimum Gasteiger partial charge on any atom is -0.508 e. The number of aromatic hydroxyl groups is 1. The summed E-state index contributed by atoms with van der Waals surface area (Å²) in [5.74, 6) is -0.503. The smallest absolute Gasteiger partial charge is 0.264 e. The van der Waals surface area contributed by atoms with Crippen molar-refractivity contribution in [2.45, 2.75) is 59.2 Å². The molecule has 8 rings (SSSR count). The Balaban J connectivity index is 1.22. The lowest BCUT2D eigenvalue weighted by atomic mass is 9.89. The predicted molar refractivity (Wildman–Crippen MR) is 228 cm³/mol. The Morgan fingerprint density at radius 1 is 0.783 bits per heavy atom. The number of phenolic OH excluding ortho intramolecular Hbond substituents is 1. The van der Waals surface area contributed by atoms with Crippen molar-refractivity contribution < 1.29 is 19.5 Å². The summed E-state index contributed by atoms with van der Waals surface area (Å²) in [5, 5.41) is 29.7. The van der Waals surface area contributed by atoms with Gasteiger partial charge in [-0.1, -0.05) is 42.5 Å². The zero-order valence-electron chi connectivity index (χ0n) is 34.4. The van der Waals surface area contributed by atoms with Crippen molar-refractivity contribution in [2.24, 2.45) is 14.1 Å². The molecule has 60 heavy (non-hydrogen) atoms. The second-order valence-electron chi connectivity index (χ2n) is 15.8. The van der Waals surface area contributed by atoms with Crippen molar-refractivity contribution in [1.29, 1.82) is 10.5 Å². The number of nitriles is 2. The molecule has 3 amide bonds. The van der Waals surface area contributed by atoms with Crippen molar-refractivity contribution in [3.63, 3.8) is 0 Å². The van der Waals surface area contributed by atoms with E-state index in [1.54, 1.807) is 51.7 Å². The van der Waals surface area contributed by atoms with E-state index in [1.807, 2.05) is 66.8 Å². The summed E-state index contributed by atoms with van der Waals surface area (Å²) >= 11 is 0. The van der Waals surface area contributed by atoms with Crippen LogP contribution in [0.2, 0.25) is 0 Å². The summed E-state index contributed by atoms with van der Waals surface area (Å²) in [4.78, 5) is 49.0. The highest BCUT2D eigenvalue weighted by atomic mass is 16.3. The van der Waals surface area contributed by atoms with Crippen LogP contribution in [0.5, 0.6) is 5.75 Å². The molecule has 0 spiro atoms. The summed E-state index contributed by atoms with van der Waals surface area (Å²) in [7, 11) is 3.67. The summed E-state index contributed by atoms with van der Waals surface area (Å²) in [6.45, 7) is 7.05. The van der Waals surface area contributed by atoms with E-state index in [2.05, 4.69) is 37.3 Å². The van der Waals surface area contributed by atoms with E-state index in [9.17, 15) is 25.2 Å². The monoisotopic (exact) mass is 795 g/mol. The first-order chi connectivity index (χ1) is 28.9. The van der Waals surface area contributed by atoms with Crippen LogP contribution in [0.1, 0.15) is 78.1 Å². The van der Waals surface area contributed by atoms with Gasteiger partial charge in [0.2, 0.25) is 5.91 Å². The van der Waals surface area contributed by atoms with Gasteiger partial charge in [0.15, 0.2) is 0 Å². The number of rotatable bonds is 7. The minimum atomic E-state index is -0.336. The molecule has 4 aromatic carbocycles. The van der Waals surface area contributed by atoms with Crippen LogP contribution in [0.15, 0.2) is 97.1 Å². The fourth-order valence-electron chi connectivity index (χ4n) is 8.65. The van der Waals surface area contributed by atoms with Gasteiger partial charge in [-0.2, -0.15) is 10.5 Å². The van der Waals surface area contributed by atoms with E-state index in [0.717, 1.165) is 23.1 Å². The number of hydrogen-bond acceptors (Lipinski definition) is 6. The number of carbonyl (C=O) groups is 3. The van der Waals surface area contributed by atoms with Gasteiger partial charge in [-0.3, -0.25) is 19.3 Å². The van der Waals surface area contributed by atoms with E-state index >= 15 is 4.79 Å². The SMILES string of the molecule is Cc1c(N(C(=O)c2cc(-c3cc4c(cc3C(=O)N3Cc5ccccc5C[C@H]3C)CN(C(=O)Cc3ccccc3C#N)CC4)n(C)c2C)c2ccc(O)cc2)cc(C#N)n1C. The molecule has 11 heteroatoms. The largest absolute Gasteiger partial charge is 0.508 e. The lowest BCUT2D eigenvalue weighted by molar-refractivity contribution is -0.131. The Hall–Kier alpha value is -7.37. The van der Waals surface area contributed by atoms with Crippen LogP contribution in [0.4, 0.5) is 11.4 Å². The molecule has 0 bridgehead atoms. The van der Waals surface area contributed by atoms with Gasteiger partial charge in [0.05, 0.1) is 29.3 Å². The lowest BCUT2D eigenvalue weighted by Crippen LogP contribution is -2.43. The first-order valence-corrected chi connectivity index (χ1v) is 20.0. The van der Waals surface area contributed by atoms with Crippen molar-refractivity contribution in [3.05, 3.63) is 159 Å². The Morgan fingerprint density at radius 2 is 1.50 bits per heavy atom. The van der Waals surface area contributed by atoms with Gasteiger partial charge in [-0.15, -0.1) is 0 Å². The Bertz CT molecular complexity index is 2800. The summed E-state index contributed by atoms with van der Waals surface area (Å²) in [5.41, 5.74) is 10.5. The standard InChI is InChI=1S/C49H45N7O4/c1-30-20-33-10-7-9-13-37(33)29-55(30)48(59)44-22-38-28-54(47(58)23-34-11-6-8-12-36(34)26-50)19-18-35(38)21-43(44)46-25-42(31(2)53(46)5)49(60)56(39-14-16-41(57)17-15-39)45-24-40(27-51)52(4)32(45)3/h6-17,21-22,24-25,30,57H,18-20,23,28-29H2,1-5H3/t30-/m1/s1. The average molecular weight is 796 g/mol. The molecule has 300 valence electrons. The van der Waals surface area contributed by atoms with Gasteiger partial charge in [-0.25, -0.2) is 0 Å². The fraction of sp³-hybridized carbons (Fsp3) is 0.245. The third-order valence-corrected chi connectivity index (χ3v) is 12.4. The van der Waals surface area contributed by atoms with Crippen LogP contribution in [0, 0.1) is 36.5 Å². The van der Waals surface area contributed by atoms with E-state index in [0.29, 0.717) is 88.0 Å². The number of nitrogens with zero attached hydrogens (tertiary/aromatic N) is 7. The zero-order chi connectivity index (χ0) is 42.4. The normalized spacial score (nSPS) is 14.5. The highest BCUT2D eigenvalue weighted by Crippen LogP contribution is 2.38. The van der Waals surface area contributed by atoms with E-state index in [4.69, 9.17) is 0 Å². The van der Waals surface area contributed by atoms with Gasteiger partial charge in [-0.05, 0) is 116 Å². The van der Waals surface area contributed by atoms with Gasteiger partial charge in [0, 0.05) is 73.7 Å². The van der Waals surface area contributed by atoms with Gasteiger partial charge < -0.3 is 24.0 Å². The first kappa shape index (κ1) is 39.5. The molecule has 0 radical (unpaired) electrons. The Morgan fingerprint density at radius 3 is 2.22 bits per heavy atom. The number of benzene rings is 4. The summed E-state index contributed by atoms with van der Waals surface area (Å²) in [6.07, 6.45) is 1.39. The molecular formula is C49H45N7O4. The van der Waals surface area contributed by atoms with E-state index < -0.39 is 0 Å². The summed E-state index contributed by atoms with van der Waals surface area (Å²) < 4.78 is 3.68. The number of fused-ring (bicyclic) bond motifs is 2. The molecule has 2 aliphatic heterocycles. The number of phenols is 1. The van der Waals surface area contributed by atoms with Crippen LogP contribution in [-0.4, -0.2) is 54.3 Å². The molecule has 0 fully saturated rings. The van der Waals surface area contributed by atoms with Crippen LogP contribution in [-0.2, 0) is 51.2 Å². The van der Waals surface area contributed by atoms with Crippen LogP contribution in [0.3, 0.4) is 0 Å². The van der Waals surface area contributed by atoms with Crippen molar-refractivity contribution in [3.8, 4) is 29.1 Å². The van der Waals surface area contributed by atoms with Crippen molar-refractivity contribution in [2.75, 3.05) is 11.4 Å². The predicted octanol–water partition coefficient (Wildman–Crippen LogP) is 7.79. The van der Waals surface area contributed by atoms with Crippen LogP contribution < -0.4 is 4.90 Å². The van der Waals surface area contributed by atoms with E-state index in [-0.39, 0.29) is 35.9 Å². The van der Waals surface area contributed by atoms with Gasteiger partial charge in [0.1, 0.15) is 17.5 Å². The minimum absolute atomic E-state index is 0.0553. The fourth-order valence-corrected chi connectivity index (χ4v) is 8.65. The molecule has 2 aliphatic rings. The number of carbonyl (C=O) groups excluding carboxylic acids is 3. The summed E-state index contributed by atoms with van der Waals surface area (Å²) in [6, 6.07) is 33.6. The van der Waals surface area contributed by atoms with Crippen LogP contribution in [0.25, 0.3) is 11.3 Å². The molecule has 0 saturated carbocycles. The third kappa shape index (κ3) is 6.98. The molecule has 2 aromatic heterocycles. The first-order valence-electron chi connectivity index (χ1n) is 20.0. The molecule has 0 aliphatic carbocycles. The van der Waals surface area contributed by atoms with Gasteiger partial charge >= 0.3 is 0 Å². The second kappa shape index (κ2) is 15.8. The molecule has 11 nitrogen and oxygen atoms in total. The molecular weight excluding hydrogens is 751 g/mol. The third-order valence-electron chi connectivity index (χ3n) is 12.4. The number of hydrogen-bond donors (Lipinski definition) is 1. The number of amides is 3. The Kier molecular flexibility index (Phi) is 10.4. The maximum atomic E-state index is 15.1. The highest BCUT2D eigenvalue weighted by Gasteiger charge is 2.33. The molecule has 4 heterocycles. The highest BCUT2D eigenvalue weighted by molar-refractivity contribution is 6.13. The maximum absolute atomic E-state index is 15.1. The van der Waals surface area contributed by atoms with Crippen LogP contribution >= 0.6 is 0 Å². The molecule has 1 N–H and O–H groups in total. The average Bonchev–Trinajstić information content (AvgIpc) is 3.72. The molecule has 0 unspecified atom stereocenters. The molecule has 0 saturated heterocycles. The van der Waals surface area contributed by atoms with Crippen molar-refractivity contribution >= 4 is 29.1 Å². The lowest BCUT2D eigenvalue weighted by Gasteiger charge is -2.36. The topological polar surface area (TPSA) is 139 Å². The molecule has 1 atom stereocenters. The maximum Gasteiger partial charge on any atom is 0.264 e.